The number of aliphatic hydroxyl groups excluding tert-OH is 1. The molecule has 2 atom stereocenters. The summed E-state index contributed by atoms with van der Waals surface area (Å²) in [6.45, 7) is 1.65. The number of aliphatic hydroxyl groups is 1. The Morgan fingerprint density at radius 1 is 1.42 bits per heavy atom. The highest BCUT2D eigenvalue weighted by Gasteiger charge is 2.26. The number of halogens is 1. The average molecular weight is 353 g/mol. The first-order valence-electron chi connectivity index (χ1n) is 7.55. The highest BCUT2D eigenvalue weighted by Crippen LogP contribution is 2.19. The number of nitrogens with one attached hydrogen (secondary N) is 2. The molecule has 0 radical (unpaired) electrons. The molecule has 1 fully saturated rings. The summed E-state index contributed by atoms with van der Waals surface area (Å²) >= 11 is 0. The van der Waals surface area contributed by atoms with Crippen LogP contribution in [-0.4, -0.2) is 53.6 Å². The molecule has 0 spiro atoms. The molecule has 3 rings (SSSR count). The zero-order valence-corrected chi connectivity index (χ0v) is 14.1. The maximum atomic E-state index is 12.4. The van der Waals surface area contributed by atoms with Gasteiger partial charge in [0.1, 0.15) is 0 Å². The Morgan fingerprint density at radius 3 is 2.79 bits per heavy atom. The number of hydrogen-bond acceptors (Lipinski definition) is 5. The van der Waals surface area contributed by atoms with Crippen LogP contribution in [0, 0.1) is 5.92 Å². The van der Waals surface area contributed by atoms with Crippen molar-refractivity contribution in [3.63, 3.8) is 0 Å². The molecule has 1 aliphatic heterocycles. The normalized spacial score (nSPS) is 19.6. The van der Waals surface area contributed by atoms with Gasteiger partial charge in [-0.25, -0.2) is 4.68 Å². The number of para-hydroxylation sites is 1. The van der Waals surface area contributed by atoms with E-state index < -0.39 is 6.10 Å². The summed E-state index contributed by atoms with van der Waals surface area (Å²) in [4.78, 5) is 12.4. The minimum absolute atomic E-state index is 0. The van der Waals surface area contributed by atoms with Crippen molar-refractivity contribution in [3.8, 4) is 11.4 Å². The van der Waals surface area contributed by atoms with Gasteiger partial charge in [-0.15, -0.1) is 12.4 Å². The molecule has 0 bridgehead atoms. The lowest BCUT2D eigenvalue weighted by Crippen LogP contribution is -2.34. The summed E-state index contributed by atoms with van der Waals surface area (Å²) in [7, 11) is 1.51. The second-order valence-electron chi connectivity index (χ2n) is 5.52. The van der Waals surface area contributed by atoms with Gasteiger partial charge in [0.25, 0.3) is 5.91 Å². The zero-order chi connectivity index (χ0) is 16.2. The standard InChI is InChI=1S/C16H20N4O3.ClH/c1-23-14-10-20(12-5-3-2-4-6-12)19-15(14)16(22)18-8-11-7-17-9-13(11)21;/h2-6,10-11,13,17,21H,7-9H2,1H3,(H,18,22);1H. The van der Waals surface area contributed by atoms with E-state index in [2.05, 4.69) is 15.7 Å². The number of methoxy groups -OCH3 is 1. The van der Waals surface area contributed by atoms with Crippen molar-refractivity contribution in [2.24, 2.45) is 5.92 Å². The van der Waals surface area contributed by atoms with E-state index in [9.17, 15) is 9.90 Å². The molecule has 130 valence electrons. The van der Waals surface area contributed by atoms with Crippen LogP contribution >= 0.6 is 12.4 Å². The molecule has 24 heavy (non-hydrogen) atoms. The summed E-state index contributed by atoms with van der Waals surface area (Å²) in [5.41, 5.74) is 1.08. The van der Waals surface area contributed by atoms with Gasteiger partial charge in [-0.2, -0.15) is 5.10 Å². The van der Waals surface area contributed by atoms with Gasteiger partial charge in [0.2, 0.25) is 0 Å². The monoisotopic (exact) mass is 352 g/mol. The molecule has 2 aromatic rings. The van der Waals surface area contributed by atoms with E-state index in [0.717, 1.165) is 5.69 Å². The summed E-state index contributed by atoms with van der Waals surface area (Å²) in [5.74, 6) is 0.119. The number of aromatic nitrogens is 2. The first kappa shape index (κ1) is 18.3. The van der Waals surface area contributed by atoms with Crippen molar-refractivity contribution >= 4 is 18.3 Å². The van der Waals surface area contributed by atoms with E-state index in [0.29, 0.717) is 25.4 Å². The summed E-state index contributed by atoms with van der Waals surface area (Å²) in [6.07, 6.45) is 1.25. The van der Waals surface area contributed by atoms with E-state index in [1.54, 1.807) is 10.9 Å². The molecule has 1 aromatic heterocycles. The molecule has 0 saturated carbocycles. The minimum atomic E-state index is -0.431. The lowest BCUT2D eigenvalue weighted by atomic mass is 10.1. The van der Waals surface area contributed by atoms with E-state index in [4.69, 9.17) is 4.74 Å². The first-order valence-corrected chi connectivity index (χ1v) is 7.55. The fraction of sp³-hybridized carbons (Fsp3) is 0.375. The number of hydrogen-bond donors (Lipinski definition) is 3. The van der Waals surface area contributed by atoms with Crippen molar-refractivity contribution in [1.82, 2.24) is 20.4 Å². The molecule has 3 N–H and O–H groups in total. The van der Waals surface area contributed by atoms with Crippen LogP contribution in [-0.2, 0) is 0 Å². The Bertz CT molecular complexity index is 677. The number of carbonyl (C=O) groups is 1. The number of carbonyl (C=O) groups excluding carboxylic acids is 1. The average Bonchev–Trinajstić information content (AvgIpc) is 3.19. The molecule has 8 heteroatoms. The molecule has 2 unspecified atom stereocenters. The highest BCUT2D eigenvalue weighted by atomic mass is 35.5. The number of rotatable bonds is 5. The van der Waals surface area contributed by atoms with Crippen molar-refractivity contribution in [1.29, 1.82) is 0 Å². The van der Waals surface area contributed by atoms with Crippen LogP contribution in [0.5, 0.6) is 5.75 Å². The molecule has 1 amide bonds. The van der Waals surface area contributed by atoms with Crippen LogP contribution in [0.2, 0.25) is 0 Å². The van der Waals surface area contributed by atoms with Gasteiger partial charge in [-0.3, -0.25) is 4.79 Å². The Labute approximate surface area is 146 Å². The number of β-amino-alcohol motifs (C(OH)–C–C–N with tert-alkyl or cyclic N) is 1. The Kier molecular flexibility index (Phi) is 6.19. The molecule has 1 aromatic carbocycles. The lowest BCUT2D eigenvalue weighted by molar-refractivity contribution is 0.0919. The fourth-order valence-corrected chi connectivity index (χ4v) is 2.61. The van der Waals surface area contributed by atoms with Crippen molar-refractivity contribution in [3.05, 3.63) is 42.2 Å². The number of benzene rings is 1. The van der Waals surface area contributed by atoms with E-state index in [-0.39, 0.29) is 29.9 Å². The number of nitrogens with zero attached hydrogens (tertiary/aromatic N) is 2. The SMILES string of the molecule is COc1cn(-c2ccccc2)nc1C(=O)NCC1CNCC1O.Cl. The van der Waals surface area contributed by atoms with Crippen molar-refractivity contribution in [2.75, 3.05) is 26.7 Å². The molecular weight excluding hydrogens is 332 g/mol. The van der Waals surface area contributed by atoms with Crippen molar-refractivity contribution < 1.29 is 14.6 Å². The third-order valence-corrected chi connectivity index (χ3v) is 3.97. The van der Waals surface area contributed by atoms with Gasteiger partial charge in [-0.1, -0.05) is 18.2 Å². The van der Waals surface area contributed by atoms with E-state index in [1.807, 2.05) is 30.3 Å². The second kappa shape index (κ2) is 8.14. The summed E-state index contributed by atoms with van der Waals surface area (Å²) in [6, 6.07) is 9.51. The maximum Gasteiger partial charge on any atom is 0.275 e. The predicted octanol–water partition coefficient (Wildman–Crippen LogP) is 0.613. The molecule has 1 aliphatic rings. The quantitative estimate of drug-likeness (QED) is 0.734. The number of amides is 1. The van der Waals surface area contributed by atoms with Gasteiger partial charge in [-0.05, 0) is 12.1 Å². The van der Waals surface area contributed by atoms with Gasteiger partial charge < -0.3 is 20.5 Å². The van der Waals surface area contributed by atoms with Crippen LogP contribution in [0.4, 0.5) is 0 Å². The highest BCUT2D eigenvalue weighted by molar-refractivity contribution is 5.94. The summed E-state index contributed by atoms with van der Waals surface area (Å²) < 4.78 is 6.87. The maximum absolute atomic E-state index is 12.4. The van der Waals surface area contributed by atoms with E-state index in [1.165, 1.54) is 7.11 Å². The molecular formula is C16H21ClN4O3. The Balaban J connectivity index is 0.00000208. The molecule has 0 aliphatic carbocycles. The minimum Gasteiger partial charge on any atom is -0.493 e. The van der Waals surface area contributed by atoms with E-state index >= 15 is 0 Å². The van der Waals surface area contributed by atoms with Gasteiger partial charge in [0.15, 0.2) is 11.4 Å². The third kappa shape index (κ3) is 3.87. The van der Waals surface area contributed by atoms with Gasteiger partial charge in [0.05, 0.1) is 25.1 Å². The van der Waals surface area contributed by atoms with Gasteiger partial charge in [0, 0.05) is 25.6 Å². The molecule has 7 nitrogen and oxygen atoms in total. The number of ether oxygens (including phenoxy) is 1. The Morgan fingerprint density at radius 2 is 2.17 bits per heavy atom. The van der Waals surface area contributed by atoms with Crippen LogP contribution < -0.4 is 15.4 Å². The lowest BCUT2D eigenvalue weighted by Gasteiger charge is -2.13. The van der Waals surface area contributed by atoms with Gasteiger partial charge >= 0.3 is 0 Å². The summed E-state index contributed by atoms with van der Waals surface area (Å²) in [5, 5.41) is 20.0. The second-order valence-corrected chi connectivity index (χ2v) is 5.52. The topological polar surface area (TPSA) is 88.4 Å². The predicted molar refractivity (Wildman–Crippen MR) is 92.1 cm³/mol. The van der Waals surface area contributed by atoms with Crippen LogP contribution in [0.25, 0.3) is 5.69 Å². The van der Waals surface area contributed by atoms with Crippen LogP contribution in [0.1, 0.15) is 10.5 Å². The van der Waals surface area contributed by atoms with Crippen molar-refractivity contribution in [2.45, 2.75) is 6.10 Å². The molecule has 1 saturated heterocycles. The largest absolute Gasteiger partial charge is 0.493 e. The van der Waals surface area contributed by atoms with Crippen LogP contribution in [0.15, 0.2) is 36.5 Å². The zero-order valence-electron chi connectivity index (χ0n) is 13.3. The Hall–Kier alpha value is -2.09. The molecule has 2 heterocycles. The van der Waals surface area contributed by atoms with Crippen LogP contribution in [0.3, 0.4) is 0 Å². The first-order chi connectivity index (χ1) is 11.2. The fourth-order valence-electron chi connectivity index (χ4n) is 2.61. The third-order valence-electron chi connectivity index (χ3n) is 3.97. The smallest absolute Gasteiger partial charge is 0.275 e.